The summed E-state index contributed by atoms with van der Waals surface area (Å²) in [5.74, 6) is 2.44. The number of benzene rings is 1. The van der Waals surface area contributed by atoms with E-state index in [-0.39, 0.29) is 17.2 Å². The van der Waals surface area contributed by atoms with Crippen molar-refractivity contribution < 1.29 is 9.59 Å². The van der Waals surface area contributed by atoms with E-state index in [9.17, 15) is 9.59 Å². The molecule has 4 fully saturated rings. The lowest BCUT2D eigenvalue weighted by atomic mass is 9.49. The minimum Gasteiger partial charge on any atom is -0.326 e. The lowest BCUT2D eigenvalue weighted by Gasteiger charge is -2.55. The minimum absolute atomic E-state index is 0.0876. The summed E-state index contributed by atoms with van der Waals surface area (Å²) >= 11 is 0. The van der Waals surface area contributed by atoms with Crippen LogP contribution in [0.3, 0.4) is 0 Å². The fourth-order valence-electron chi connectivity index (χ4n) is 5.49. The second-order valence-corrected chi connectivity index (χ2v) is 7.91. The Kier molecular flexibility index (Phi) is 3.43. The van der Waals surface area contributed by atoms with Crippen LogP contribution in [-0.2, 0) is 9.59 Å². The van der Waals surface area contributed by atoms with E-state index in [1.54, 1.807) is 0 Å². The predicted octanol–water partition coefficient (Wildman–Crippen LogP) is 3.80. The van der Waals surface area contributed by atoms with Gasteiger partial charge in [0, 0.05) is 18.3 Å². The third-order valence-electron chi connectivity index (χ3n) is 5.98. The Hall–Kier alpha value is -1.84. The molecule has 0 radical (unpaired) electrons. The van der Waals surface area contributed by atoms with Gasteiger partial charge in [-0.05, 0) is 80.5 Å². The molecule has 0 aromatic heterocycles. The molecule has 4 aliphatic rings. The van der Waals surface area contributed by atoms with Crippen molar-refractivity contribution in [1.82, 2.24) is 0 Å². The first-order valence-corrected chi connectivity index (χ1v) is 8.71. The van der Waals surface area contributed by atoms with E-state index < -0.39 is 0 Å². The largest absolute Gasteiger partial charge is 0.326 e. The van der Waals surface area contributed by atoms with E-state index in [0.717, 1.165) is 48.4 Å². The van der Waals surface area contributed by atoms with Gasteiger partial charge in [0.25, 0.3) is 0 Å². The highest BCUT2D eigenvalue weighted by molar-refractivity contribution is 5.96. The molecule has 0 aliphatic heterocycles. The molecule has 0 atom stereocenters. The second-order valence-electron chi connectivity index (χ2n) is 7.91. The Morgan fingerprint density at radius 1 is 0.870 bits per heavy atom. The van der Waals surface area contributed by atoms with Gasteiger partial charge in [0.05, 0.1) is 5.41 Å². The van der Waals surface area contributed by atoms with E-state index in [2.05, 4.69) is 10.6 Å². The van der Waals surface area contributed by atoms with Gasteiger partial charge in [-0.2, -0.15) is 0 Å². The van der Waals surface area contributed by atoms with Crippen LogP contribution >= 0.6 is 0 Å². The van der Waals surface area contributed by atoms with Crippen LogP contribution in [0, 0.1) is 23.2 Å². The third kappa shape index (κ3) is 2.75. The fraction of sp³-hybridized carbons (Fsp3) is 0.579. The summed E-state index contributed by atoms with van der Waals surface area (Å²) in [6.07, 6.45) is 7.27. The number of carbonyl (C=O) groups is 2. The summed E-state index contributed by atoms with van der Waals surface area (Å²) in [4.78, 5) is 24.0. The number of nitrogens with one attached hydrogen (secondary N) is 2. The summed E-state index contributed by atoms with van der Waals surface area (Å²) in [5.41, 5.74) is 1.45. The third-order valence-corrected chi connectivity index (χ3v) is 5.98. The van der Waals surface area contributed by atoms with Crippen molar-refractivity contribution in [3.63, 3.8) is 0 Å². The Morgan fingerprint density at radius 2 is 1.30 bits per heavy atom. The van der Waals surface area contributed by atoms with Gasteiger partial charge < -0.3 is 10.6 Å². The molecule has 2 amide bonds. The second kappa shape index (κ2) is 5.36. The summed E-state index contributed by atoms with van der Waals surface area (Å²) in [6, 6.07) is 7.39. The van der Waals surface area contributed by atoms with Gasteiger partial charge in [0.1, 0.15) is 0 Å². The lowest BCUT2D eigenvalue weighted by Crippen LogP contribution is -2.51. The van der Waals surface area contributed by atoms with Gasteiger partial charge in [0.2, 0.25) is 11.8 Å². The summed E-state index contributed by atoms with van der Waals surface area (Å²) < 4.78 is 0. The Balaban J connectivity index is 1.46. The minimum atomic E-state index is -0.120. The van der Waals surface area contributed by atoms with E-state index in [4.69, 9.17) is 0 Å². The maximum Gasteiger partial charge on any atom is 0.230 e. The van der Waals surface area contributed by atoms with Crippen molar-refractivity contribution in [2.24, 2.45) is 23.2 Å². The summed E-state index contributed by atoms with van der Waals surface area (Å²) in [7, 11) is 0. The number of hydrogen-bond acceptors (Lipinski definition) is 2. The molecule has 0 spiro atoms. The van der Waals surface area contributed by atoms with Crippen LogP contribution in [-0.4, -0.2) is 11.8 Å². The zero-order valence-electron chi connectivity index (χ0n) is 13.6. The molecule has 1 aromatic carbocycles. The Labute approximate surface area is 137 Å². The summed E-state index contributed by atoms with van der Waals surface area (Å²) in [6.45, 7) is 1.49. The van der Waals surface area contributed by atoms with Gasteiger partial charge in [0.15, 0.2) is 0 Å². The standard InChI is InChI=1S/C19H24N2O2/c1-12(22)20-16-2-4-17(5-3-16)21-18(23)19-9-13-6-14(10-19)8-15(7-13)11-19/h2-5,13-15H,6-11H2,1H3,(H,20,22)(H,21,23). The van der Waals surface area contributed by atoms with Crippen LogP contribution in [0.2, 0.25) is 0 Å². The van der Waals surface area contributed by atoms with E-state index in [0.29, 0.717) is 0 Å². The molecule has 5 rings (SSSR count). The van der Waals surface area contributed by atoms with Gasteiger partial charge in [-0.15, -0.1) is 0 Å². The summed E-state index contributed by atoms with van der Waals surface area (Å²) in [5, 5.41) is 5.87. The molecule has 4 saturated carbocycles. The monoisotopic (exact) mass is 312 g/mol. The van der Waals surface area contributed by atoms with Gasteiger partial charge in [-0.1, -0.05) is 0 Å². The highest BCUT2D eigenvalue weighted by atomic mass is 16.2. The molecule has 4 heteroatoms. The molecule has 4 nitrogen and oxygen atoms in total. The van der Waals surface area contributed by atoms with Gasteiger partial charge in [-0.25, -0.2) is 0 Å². The van der Waals surface area contributed by atoms with E-state index in [1.165, 1.54) is 26.2 Å². The smallest absolute Gasteiger partial charge is 0.230 e. The first-order valence-electron chi connectivity index (χ1n) is 8.71. The zero-order valence-corrected chi connectivity index (χ0v) is 13.6. The predicted molar refractivity (Wildman–Crippen MR) is 90.0 cm³/mol. The number of amides is 2. The highest BCUT2D eigenvalue weighted by Gasteiger charge is 2.54. The van der Waals surface area contributed by atoms with Gasteiger partial charge >= 0.3 is 0 Å². The molecular formula is C19H24N2O2. The number of hydrogen-bond donors (Lipinski definition) is 2. The molecule has 0 saturated heterocycles. The molecule has 0 heterocycles. The molecule has 1 aromatic rings. The van der Waals surface area contributed by atoms with Crippen LogP contribution in [0.1, 0.15) is 45.4 Å². The van der Waals surface area contributed by atoms with E-state index in [1.807, 2.05) is 24.3 Å². The van der Waals surface area contributed by atoms with Crippen LogP contribution in [0.5, 0.6) is 0 Å². The van der Waals surface area contributed by atoms with Crippen LogP contribution in [0.4, 0.5) is 11.4 Å². The average Bonchev–Trinajstić information content (AvgIpc) is 2.47. The van der Waals surface area contributed by atoms with Gasteiger partial charge in [-0.3, -0.25) is 9.59 Å². The molecule has 0 unspecified atom stereocenters. The molecule has 2 N–H and O–H groups in total. The molecular weight excluding hydrogens is 288 g/mol. The van der Waals surface area contributed by atoms with Crippen molar-refractivity contribution in [2.45, 2.75) is 45.4 Å². The average molecular weight is 312 g/mol. The molecule has 23 heavy (non-hydrogen) atoms. The van der Waals surface area contributed by atoms with Crippen LogP contribution < -0.4 is 10.6 Å². The maximum absolute atomic E-state index is 12.9. The first kappa shape index (κ1) is 14.7. The maximum atomic E-state index is 12.9. The molecule has 4 bridgehead atoms. The number of carbonyl (C=O) groups excluding carboxylic acids is 2. The van der Waals surface area contributed by atoms with Crippen molar-refractivity contribution in [1.29, 1.82) is 0 Å². The van der Waals surface area contributed by atoms with Crippen molar-refractivity contribution in [2.75, 3.05) is 10.6 Å². The Morgan fingerprint density at radius 3 is 1.74 bits per heavy atom. The normalized spacial score (nSPS) is 34.2. The van der Waals surface area contributed by atoms with Crippen LogP contribution in [0.15, 0.2) is 24.3 Å². The Bertz CT molecular complexity index is 600. The number of rotatable bonds is 3. The number of anilines is 2. The molecule has 4 aliphatic carbocycles. The quantitative estimate of drug-likeness (QED) is 0.892. The zero-order chi connectivity index (χ0) is 16.0. The SMILES string of the molecule is CC(=O)Nc1ccc(NC(=O)C23CC4CC(CC(C4)C2)C3)cc1. The highest BCUT2D eigenvalue weighted by Crippen LogP contribution is 2.60. The van der Waals surface area contributed by atoms with Crippen molar-refractivity contribution >= 4 is 23.2 Å². The lowest BCUT2D eigenvalue weighted by molar-refractivity contribution is -0.140. The van der Waals surface area contributed by atoms with Crippen molar-refractivity contribution in [3.8, 4) is 0 Å². The fourth-order valence-corrected chi connectivity index (χ4v) is 5.49. The van der Waals surface area contributed by atoms with E-state index >= 15 is 0 Å². The van der Waals surface area contributed by atoms with Crippen LogP contribution in [0.25, 0.3) is 0 Å². The first-order chi connectivity index (χ1) is 11.0. The topological polar surface area (TPSA) is 58.2 Å². The molecule has 122 valence electrons. The van der Waals surface area contributed by atoms with Crippen molar-refractivity contribution in [3.05, 3.63) is 24.3 Å².